The Morgan fingerprint density at radius 2 is 2.05 bits per heavy atom. The molecule has 0 unspecified atom stereocenters. The van der Waals surface area contributed by atoms with Crippen LogP contribution in [0.25, 0.3) is 11.1 Å². The second-order valence-corrected chi connectivity index (χ2v) is 4.45. The topological polar surface area (TPSA) is 75.4 Å². The summed E-state index contributed by atoms with van der Waals surface area (Å²) in [6.45, 7) is 1.75. The second-order valence-electron chi connectivity index (χ2n) is 4.45. The Bertz CT molecular complexity index is 760. The molecule has 20 heavy (non-hydrogen) atoms. The number of carbonyl (C=O) groups is 1. The molecule has 2 N–H and O–H groups in total. The van der Waals surface area contributed by atoms with Crippen LogP contribution in [0, 0.1) is 6.92 Å². The number of nitrogens with one attached hydrogen (secondary N) is 1. The lowest BCUT2D eigenvalue weighted by Crippen LogP contribution is -2.00. The van der Waals surface area contributed by atoms with Gasteiger partial charge < -0.3 is 14.8 Å². The molecule has 0 aliphatic carbocycles. The van der Waals surface area contributed by atoms with Gasteiger partial charge in [-0.25, -0.2) is 4.79 Å². The molecule has 1 aromatic heterocycles. The van der Waals surface area contributed by atoms with Crippen molar-refractivity contribution in [2.45, 2.75) is 6.92 Å². The molecule has 5 nitrogen and oxygen atoms in total. The normalized spacial score (nSPS) is 10.7. The van der Waals surface area contributed by atoms with Crippen LogP contribution in [0.4, 0.5) is 11.7 Å². The minimum Gasteiger partial charge on any atom is -0.478 e. The molecule has 0 amide bonds. The summed E-state index contributed by atoms with van der Waals surface area (Å²) in [5, 5.41) is 12.0. The smallest absolute Gasteiger partial charge is 0.335 e. The largest absolute Gasteiger partial charge is 0.478 e. The van der Waals surface area contributed by atoms with Gasteiger partial charge in [0.1, 0.15) is 5.52 Å². The highest BCUT2D eigenvalue weighted by Crippen LogP contribution is 2.23. The van der Waals surface area contributed by atoms with E-state index in [4.69, 9.17) is 9.52 Å². The summed E-state index contributed by atoms with van der Waals surface area (Å²) in [6, 6.07) is 12.8. The number of hydrogen-bond acceptors (Lipinski definition) is 4. The third-order valence-electron chi connectivity index (χ3n) is 3.00. The van der Waals surface area contributed by atoms with E-state index in [1.54, 1.807) is 25.1 Å². The predicted octanol–water partition coefficient (Wildman–Crippen LogP) is 3.58. The SMILES string of the molecule is Cc1cc(Nc2nc3ccccc3o2)ccc1C(=O)O. The van der Waals surface area contributed by atoms with Gasteiger partial charge in [-0.15, -0.1) is 0 Å². The standard InChI is InChI=1S/C15H12N2O3/c1-9-8-10(6-7-11(9)14(18)19)16-15-17-12-4-2-3-5-13(12)20-15/h2-8H,1H3,(H,16,17)(H,18,19). The molecular formula is C15H12N2O3. The summed E-state index contributed by atoms with van der Waals surface area (Å²) >= 11 is 0. The van der Waals surface area contributed by atoms with E-state index in [-0.39, 0.29) is 5.56 Å². The molecule has 0 fully saturated rings. The minimum absolute atomic E-state index is 0.285. The van der Waals surface area contributed by atoms with Crippen LogP contribution in [-0.2, 0) is 0 Å². The van der Waals surface area contributed by atoms with Crippen LogP contribution in [0.15, 0.2) is 46.9 Å². The summed E-state index contributed by atoms with van der Waals surface area (Å²) < 4.78 is 5.55. The number of carboxylic acid groups (broad SMARTS) is 1. The summed E-state index contributed by atoms with van der Waals surface area (Å²) in [7, 11) is 0. The summed E-state index contributed by atoms with van der Waals surface area (Å²) in [5.74, 6) is -0.934. The first kappa shape index (κ1) is 12.2. The fourth-order valence-corrected chi connectivity index (χ4v) is 2.03. The number of aryl methyl sites for hydroxylation is 1. The van der Waals surface area contributed by atoms with Gasteiger partial charge in [0.05, 0.1) is 5.56 Å². The van der Waals surface area contributed by atoms with Crippen LogP contribution in [0.1, 0.15) is 15.9 Å². The van der Waals surface area contributed by atoms with Crippen molar-refractivity contribution in [1.82, 2.24) is 4.98 Å². The molecule has 0 aliphatic heterocycles. The van der Waals surface area contributed by atoms with Gasteiger partial charge in [0, 0.05) is 5.69 Å². The van der Waals surface area contributed by atoms with Gasteiger partial charge in [0.2, 0.25) is 0 Å². The number of para-hydroxylation sites is 2. The average Bonchev–Trinajstić information content (AvgIpc) is 2.80. The Balaban J connectivity index is 1.90. The van der Waals surface area contributed by atoms with Gasteiger partial charge in [-0.2, -0.15) is 4.98 Å². The lowest BCUT2D eigenvalue weighted by molar-refractivity contribution is 0.0696. The first-order chi connectivity index (χ1) is 9.63. The molecule has 2 aromatic carbocycles. The molecule has 0 spiro atoms. The van der Waals surface area contributed by atoms with Crippen molar-refractivity contribution in [2.24, 2.45) is 0 Å². The van der Waals surface area contributed by atoms with Crippen LogP contribution in [0.2, 0.25) is 0 Å². The molecule has 0 radical (unpaired) electrons. The number of nitrogens with zero attached hydrogens (tertiary/aromatic N) is 1. The fourth-order valence-electron chi connectivity index (χ4n) is 2.03. The lowest BCUT2D eigenvalue weighted by atomic mass is 10.1. The molecular weight excluding hydrogens is 256 g/mol. The van der Waals surface area contributed by atoms with Crippen molar-refractivity contribution >= 4 is 28.8 Å². The van der Waals surface area contributed by atoms with E-state index in [1.165, 1.54) is 0 Å². The zero-order valence-corrected chi connectivity index (χ0v) is 10.8. The quantitative estimate of drug-likeness (QED) is 0.759. The number of carboxylic acids is 1. The van der Waals surface area contributed by atoms with Crippen molar-refractivity contribution < 1.29 is 14.3 Å². The van der Waals surface area contributed by atoms with E-state index in [1.807, 2.05) is 24.3 Å². The zero-order valence-electron chi connectivity index (χ0n) is 10.8. The van der Waals surface area contributed by atoms with Crippen LogP contribution in [0.3, 0.4) is 0 Å². The summed E-state index contributed by atoms with van der Waals surface area (Å²) in [4.78, 5) is 15.3. The average molecular weight is 268 g/mol. The number of benzene rings is 2. The monoisotopic (exact) mass is 268 g/mol. The van der Waals surface area contributed by atoms with Crippen molar-refractivity contribution in [3.63, 3.8) is 0 Å². The molecule has 100 valence electrons. The third kappa shape index (κ3) is 2.21. The van der Waals surface area contributed by atoms with Gasteiger partial charge in [-0.3, -0.25) is 0 Å². The Hall–Kier alpha value is -2.82. The Morgan fingerprint density at radius 1 is 1.25 bits per heavy atom. The molecule has 0 aliphatic rings. The molecule has 3 aromatic rings. The van der Waals surface area contributed by atoms with E-state index in [2.05, 4.69) is 10.3 Å². The van der Waals surface area contributed by atoms with Gasteiger partial charge >= 0.3 is 5.97 Å². The van der Waals surface area contributed by atoms with Gasteiger partial charge in [0.25, 0.3) is 6.01 Å². The van der Waals surface area contributed by atoms with Crippen molar-refractivity contribution in [3.8, 4) is 0 Å². The first-order valence-electron chi connectivity index (χ1n) is 6.10. The molecule has 0 atom stereocenters. The molecule has 0 saturated heterocycles. The van der Waals surface area contributed by atoms with Crippen LogP contribution < -0.4 is 5.32 Å². The van der Waals surface area contributed by atoms with Crippen LogP contribution in [0.5, 0.6) is 0 Å². The van der Waals surface area contributed by atoms with E-state index < -0.39 is 5.97 Å². The first-order valence-corrected chi connectivity index (χ1v) is 6.10. The van der Waals surface area contributed by atoms with E-state index in [0.29, 0.717) is 17.2 Å². The van der Waals surface area contributed by atoms with Crippen LogP contribution in [-0.4, -0.2) is 16.1 Å². The number of oxazole rings is 1. The fraction of sp³-hybridized carbons (Fsp3) is 0.0667. The Kier molecular flexibility index (Phi) is 2.87. The maximum Gasteiger partial charge on any atom is 0.335 e. The number of rotatable bonds is 3. The number of hydrogen-bond donors (Lipinski definition) is 2. The molecule has 0 saturated carbocycles. The van der Waals surface area contributed by atoms with Gasteiger partial charge in [-0.1, -0.05) is 12.1 Å². The third-order valence-corrected chi connectivity index (χ3v) is 3.00. The summed E-state index contributed by atoms with van der Waals surface area (Å²) in [5.41, 5.74) is 3.17. The molecule has 3 rings (SSSR count). The van der Waals surface area contributed by atoms with E-state index in [0.717, 1.165) is 11.2 Å². The predicted molar refractivity (Wildman–Crippen MR) is 75.4 cm³/mol. The number of aromatic carboxylic acids is 1. The Labute approximate surface area is 114 Å². The zero-order chi connectivity index (χ0) is 14.1. The minimum atomic E-state index is -0.934. The maximum atomic E-state index is 11.0. The summed E-state index contributed by atoms with van der Waals surface area (Å²) in [6.07, 6.45) is 0. The van der Waals surface area contributed by atoms with Crippen molar-refractivity contribution in [2.75, 3.05) is 5.32 Å². The molecule has 0 bridgehead atoms. The lowest BCUT2D eigenvalue weighted by Gasteiger charge is -2.05. The Morgan fingerprint density at radius 3 is 2.75 bits per heavy atom. The van der Waals surface area contributed by atoms with Crippen molar-refractivity contribution in [1.29, 1.82) is 0 Å². The number of fused-ring (bicyclic) bond motifs is 1. The second kappa shape index (κ2) is 4.70. The highest BCUT2D eigenvalue weighted by Gasteiger charge is 2.09. The molecule has 1 heterocycles. The molecule has 5 heteroatoms. The maximum absolute atomic E-state index is 11.0. The number of anilines is 2. The number of aromatic nitrogens is 1. The van der Waals surface area contributed by atoms with Crippen LogP contribution >= 0.6 is 0 Å². The van der Waals surface area contributed by atoms with Crippen molar-refractivity contribution in [3.05, 3.63) is 53.6 Å². The van der Waals surface area contributed by atoms with Gasteiger partial charge in [0.15, 0.2) is 5.58 Å². The van der Waals surface area contributed by atoms with E-state index in [9.17, 15) is 4.79 Å². The van der Waals surface area contributed by atoms with E-state index >= 15 is 0 Å². The highest BCUT2D eigenvalue weighted by molar-refractivity contribution is 5.90. The van der Waals surface area contributed by atoms with Gasteiger partial charge in [-0.05, 0) is 42.8 Å². The highest BCUT2D eigenvalue weighted by atomic mass is 16.4.